The molecular weight excluding hydrogens is 1080 g/mol. The van der Waals surface area contributed by atoms with Crippen molar-refractivity contribution in [1.82, 2.24) is 62.1 Å². The molecule has 12 atom stereocenters. The SMILES string of the molecule is CC[C@H](C)[C@H](NC(=O)[C@H](C)NC(=O)[C@H](CC(N)=O)NC(=O)CNC(=O)[C@@H](NC(=O)[C@H](CCCN=C(N)N)NC(=O)[C@H](CCSC)NC=O)[C@@H](C)O)C(=O)NS(=O)(=O)OC[C@H]1O[C@@H](CCn2nnc(-c3ccccc3)n2)[C@H](O)[C@@H]1O. The van der Waals surface area contributed by atoms with E-state index >= 15 is 0 Å². The lowest BCUT2D eigenvalue weighted by molar-refractivity contribution is -0.136. The third-order valence-electron chi connectivity index (χ3n) is 12.0. The normalized spacial score (nSPS) is 19.0. The predicted molar refractivity (Wildman–Crippen MR) is 281 cm³/mol. The van der Waals surface area contributed by atoms with Gasteiger partial charge in [0.15, 0.2) is 5.96 Å². The van der Waals surface area contributed by atoms with Gasteiger partial charge < -0.3 is 74.5 Å². The first-order valence-electron chi connectivity index (χ1n) is 24.9. The average Bonchev–Trinajstić information content (AvgIpc) is 4.00. The topological polar surface area (TPSA) is 497 Å². The summed E-state index contributed by atoms with van der Waals surface area (Å²) in [5, 5.41) is 60.2. The maximum atomic E-state index is 13.5. The monoisotopic (exact) mass is 1160 g/mol. The maximum Gasteiger partial charge on any atom is 0.362 e. The van der Waals surface area contributed by atoms with Crippen molar-refractivity contribution in [2.45, 2.75) is 140 Å². The molecule has 0 spiro atoms. The second kappa shape index (κ2) is 32.7. The Hall–Kier alpha value is -7.11. The van der Waals surface area contributed by atoms with E-state index in [9.17, 15) is 66.9 Å². The molecule has 17 N–H and O–H groups in total. The van der Waals surface area contributed by atoms with Crippen molar-refractivity contribution in [3.63, 3.8) is 0 Å². The maximum absolute atomic E-state index is 13.5. The molecule has 0 bridgehead atoms. The molecule has 34 heteroatoms. The summed E-state index contributed by atoms with van der Waals surface area (Å²) in [4.78, 5) is 121. The Morgan fingerprint density at radius 1 is 0.848 bits per heavy atom. The number of hydrogen-bond acceptors (Lipinski definition) is 21. The van der Waals surface area contributed by atoms with Gasteiger partial charge in [-0.15, -0.1) is 10.2 Å². The van der Waals surface area contributed by atoms with Gasteiger partial charge in [-0.2, -0.15) is 25.0 Å². The quantitative estimate of drug-likeness (QED) is 0.0132. The third-order valence-corrected chi connectivity index (χ3v) is 13.6. The van der Waals surface area contributed by atoms with Crippen molar-refractivity contribution in [3.8, 4) is 11.4 Å². The van der Waals surface area contributed by atoms with Crippen LogP contribution in [-0.4, -0.2) is 202 Å². The highest BCUT2D eigenvalue weighted by molar-refractivity contribution is 7.98. The van der Waals surface area contributed by atoms with E-state index < -0.39 is 150 Å². The molecule has 2 aromatic rings. The van der Waals surface area contributed by atoms with Crippen molar-refractivity contribution < 1.29 is 75.8 Å². The minimum absolute atomic E-state index is 0.0506. The van der Waals surface area contributed by atoms with Crippen LogP contribution in [0.5, 0.6) is 0 Å². The number of primary amides is 1. The largest absolute Gasteiger partial charge is 0.391 e. The van der Waals surface area contributed by atoms with E-state index in [0.29, 0.717) is 18.0 Å². The van der Waals surface area contributed by atoms with Gasteiger partial charge in [-0.1, -0.05) is 50.6 Å². The molecule has 32 nitrogen and oxygen atoms in total. The van der Waals surface area contributed by atoms with Gasteiger partial charge in [-0.3, -0.25) is 52.3 Å². The van der Waals surface area contributed by atoms with Gasteiger partial charge in [0.2, 0.25) is 53.6 Å². The molecule has 79 heavy (non-hydrogen) atoms. The predicted octanol–water partition coefficient (Wildman–Crippen LogP) is -6.62. The zero-order valence-corrected chi connectivity index (χ0v) is 45.7. The minimum Gasteiger partial charge on any atom is -0.391 e. The van der Waals surface area contributed by atoms with Crippen molar-refractivity contribution in [2.24, 2.45) is 28.1 Å². The Balaban J connectivity index is 1.58. The molecule has 1 aromatic heterocycles. The van der Waals surface area contributed by atoms with Crippen molar-refractivity contribution in [3.05, 3.63) is 30.3 Å². The molecule has 1 fully saturated rings. The summed E-state index contributed by atoms with van der Waals surface area (Å²) in [6.07, 6.45) is -5.12. The average molecular weight is 1160 g/mol. The van der Waals surface area contributed by atoms with Gasteiger partial charge in [0.1, 0.15) is 54.6 Å². The van der Waals surface area contributed by atoms with Crippen molar-refractivity contribution >= 4 is 81.7 Å². The van der Waals surface area contributed by atoms with Crippen LogP contribution in [0.15, 0.2) is 35.3 Å². The number of aromatic nitrogens is 4. The molecule has 9 amide bonds. The minimum atomic E-state index is -4.95. The molecule has 440 valence electrons. The number of thioether (sulfide) groups is 1. The van der Waals surface area contributed by atoms with Crippen LogP contribution in [0, 0.1) is 5.92 Å². The summed E-state index contributed by atoms with van der Waals surface area (Å²) < 4.78 is 38.3. The number of carbonyl (C=O) groups excluding carboxylic acids is 9. The Labute approximate surface area is 459 Å². The lowest BCUT2D eigenvalue weighted by Gasteiger charge is -2.26. The van der Waals surface area contributed by atoms with Crippen LogP contribution in [0.3, 0.4) is 0 Å². The number of nitrogens with two attached hydrogens (primary N) is 3. The van der Waals surface area contributed by atoms with E-state index in [0.717, 1.165) is 19.4 Å². The lowest BCUT2D eigenvalue weighted by Crippen LogP contribution is -2.60. The molecule has 0 saturated carbocycles. The van der Waals surface area contributed by atoms with Crippen molar-refractivity contribution in [1.29, 1.82) is 0 Å². The van der Waals surface area contributed by atoms with Gasteiger partial charge in [0.25, 0.3) is 5.91 Å². The van der Waals surface area contributed by atoms with Gasteiger partial charge in [0, 0.05) is 12.1 Å². The molecule has 1 aliphatic rings. The van der Waals surface area contributed by atoms with Crippen LogP contribution < -0.4 is 59.1 Å². The number of benzene rings is 1. The number of nitrogens with one attached hydrogen (secondary N) is 8. The van der Waals surface area contributed by atoms with Gasteiger partial charge in [-0.05, 0) is 62.7 Å². The summed E-state index contributed by atoms with van der Waals surface area (Å²) in [5.74, 6) is -8.50. The number of tetrazole rings is 1. The second-order valence-corrected chi connectivity index (χ2v) is 20.6. The Kier molecular flexibility index (Phi) is 27.4. The highest BCUT2D eigenvalue weighted by Gasteiger charge is 2.44. The first-order chi connectivity index (χ1) is 37.3. The van der Waals surface area contributed by atoms with Crippen LogP contribution in [0.1, 0.15) is 66.2 Å². The first kappa shape index (κ1) is 66.2. The molecule has 1 aliphatic heterocycles. The second-order valence-electron chi connectivity index (χ2n) is 18.2. The molecule has 1 aromatic carbocycles. The van der Waals surface area contributed by atoms with E-state index in [1.54, 1.807) is 42.2 Å². The number of hydrogen-bond donors (Lipinski definition) is 14. The summed E-state index contributed by atoms with van der Waals surface area (Å²) in [7, 11) is -4.95. The van der Waals surface area contributed by atoms with Crippen molar-refractivity contribution in [2.75, 3.05) is 31.7 Å². The number of aliphatic imine (C=N–C) groups is 1. The number of ether oxygens (including phenoxy) is 1. The number of aliphatic hydroxyl groups is 3. The number of rotatable bonds is 35. The van der Waals surface area contributed by atoms with E-state index in [2.05, 4.69) is 57.6 Å². The van der Waals surface area contributed by atoms with Crippen LogP contribution in [0.2, 0.25) is 0 Å². The van der Waals surface area contributed by atoms with Gasteiger partial charge >= 0.3 is 10.3 Å². The fourth-order valence-electron chi connectivity index (χ4n) is 7.46. The summed E-state index contributed by atoms with van der Waals surface area (Å²) in [6, 6.07) is 0.108. The number of nitrogens with zero attached hydrogens (tertiary/aromatic N) is 5. The smallest absolute Gasteiger partial charge is 0.362 e. The van der Waals surface area contributed by atoms with E-state index in [1.165, 1.54) is 23.5 Å². The highest BCUT2D eigenvalue weighted by Crippen LogP contribution is 2.25. The zero-order chi connectivity index (χ0) is 59.0. The highest BCUT2D eigenvalue weighted by atomic mass is 32.2. The van der Waals surface area contributed by atoms with Crippen LogP contribution in [0.25, 0.3) is 11.4 Å². The third kappa shape index (κ3) is 22.3. The molecule has 0 radical (unpaired) electrons. The van der Waals surface area contributed by atoms with E-state index in [1.807, 2.05) is 6.07 Å². The molecule has 3 rings (SSSR count). The van der Waals surface area contributed by atoms with E-state index in [-0.39, 0.29) is 51.2 Å². The molecule has 0 unspecified atom stereocenters. The molecule has 2 heterocycles. The summed E-state index contributed by atoms with van der Waals surface area (Å²) in [5.41, 5.74) is 16.8. The number of aliphatic hydroxyl groups excluding tert-OH is 3. The number of carbonyl (C=O) groups is 9. The number of amides is 9. The summed E-state index contributed by atoms with van der Waals surface area (Å²) in [6.45, 7) is 3.86. The Morgan fingerprint density at radius 3 is 2.11 bits per heavy atom. The lowest BCUT2D eigenvalue weighted by atomic mass is 9.98. The summed E-state index contributed by atoms with van der Waals surface area (Å²) >= 11 is 1.41. The standard InChI is InChI=1S/C45H72N16O16S2/c1-6-23(2)34(44(73)59-79(74,75)76-21-31-37(67)36(66)30(77-31)14-17-61-58-38(57-60-61)26-11-8-7-9-12-26)55-39(68)24(3)52-42(71)29(19-32(46)64)53-33(65)20-50-43(72)35(25(4)63)56-41(70)28(13-10-16-49-45(47)48)54-40(69)27(51-22-62)15-18-78-5/h7-9,11-12,22-25,27-31,34-37,63,66-67H,6,10,13-21H2,1-5H3,(H2,46,64)(H,50,72)(H,51,62)(H,52,71)(H,53,65)(H,54,69)(H,55,68)(H,56,70)(H,59,73)(H4,47,48,49)/t23-,24-,25+,27-,28-,29-,30-,31+,34-,35-,36-,37+/m0/s1. The Bertz CT molecular complexity index is 2520. The molecular formula is C45H72N16O16S2. The van der Waals surface area contributed by atoms with Gasteiger partial charge in [0.05, 0.1) is 38.3 Å². The number of aryl methyl sites for hydroxylation is 1. The first-order valence-corrected chi connectivity index (χ1v) is 27.7. The molecule has 1 saturated heterocycles. The Morgan fingerprint density at radius 2 is 1.49 bits per heavy atom. The number of guanidine groups is 1. The molecule has 0 aliphatic carbocycles. The van der Waals surface area contributed by atoms with Gasteiger partial charge in [-0.25, -0.2) is 4.72 Å². The van der Waals surface area contributed by atoms with Crippen LogP contribution >= 0.6 is 11.8 Å². The van der Waals surface area contributed by atoms with Crippen LogP contribution in [-0.2, 0) is 68.9 Å². The van der Waals surface area contributed by atoms with E-state index in [4.69, 9.17) is 26.1 Å². The zero-order valence-electron chi connectivity index (χ0n) is 44.1. The fraction of sp³-hybridized carbons (Fsp3) is 0.622. The van der Waals surface area contributed by atoms with Crippen LogP contribution in [0.4, 0.5) is 0 Å². The fourth-order valence-corrected chi connectivity index (χ4v) is 8.68.